The molecule has 0 saturated carbocycles. The van der Waals surface area contributed by atoms with Gasteiger partial charge >= 0.3 is 0 Å². The molecule has 0 radical (unpaired) electrons. The predicted octanol–water partition coefficient (Wildman–Crippen LogP) is 1.84. The highest BCUT2D eigenvalue weighted by atomic mass is 16.5. The summed E-state index contributed by atoms with van der Waals surface area (Å²) in [6.45, 7) is 0. The predicted molar refractivity (Wildman–Crippen MR) is 67.5 cm³/mol. The molecule has 5 heteroatoms. The summed E-state index contributed by atoms with van der Waals surface area (Å²) >= 11 is 0. The van der Waals surface area contributed by atoms with Crippen molar-refractivity contribution in [2.24, 2.45) is 0 Å². The van der Waals surface area contributed by atoms with E-state index in [1.54, 1.807) is 13.3 Å². The van der Waals surface area contributed by atoms with E-state index in [0.717, 1.165) is 11.4 Å². The highest BCUT2D eigenvalue weighted by Gasteiger charge is 2.08. The second-order valence-corrected chi connectivity index (χ2v) is 3.56. The zero-order valence-corrected chi connectivity index (χ0v) is 9.79. The Balaban J connectivity index is 2.30. The molecule has 2 rings (SSSR count). The maximum atomic E-state index is 5.82. The molecule has 0 aliphatic carbocycles. The van der Waals surface area contributed by atoms with Crippen LogP contribution in [0.4, 0.5) is 17.2 Å². The number of aromatic nitrogens is 2. The van der Waals surface area contributed by atoms with Gasteiger partial charge in [-0.25, -0.2) is 9.97 Å². The molecule has 0 aliphatic rings. The second kappa shape index (κ2) is 4.69. The molecular weight excluding hydrogens is 216 g/mol. The fraction of sp³-hybridized carbons (Fsp3) is 0.167. The number of nitrogen functional groups attached to an aromatic ring is 1. The Morgan fingerprint density at radius 2 is 1.94 bits per heavy atom. The summed E-state index contributed by atoms with van der Waals surface area (Å²) in [6.07, 6.45) is 3.06. The van der Waals surface area contributed by atoms with Crippen LogP contribution in [0.2, 0.25) is 0 Å². The van der Waals surface area contributed by atoms with Crippen molar-refractivity contribution in [1.29, 1.82) is 0 Å². The van der Waals surface area contributed by atoms with Crippen molar-refractivity contribution in [3.05, 3.63) is 36.8 Å². The van der Waals surface area contributed by atoms with Crippen molar-refractivity contribution in [3.63, 3.8) is 0 Å². The average Bonchev–Trinajstić information content (AvgIpc) is 2.39. The first-order valence-corrected chi connectivity index (χ1v) is 5.15. The van der Waals surface area contributed by atoms with Crippen LogP contribution in [0, 0.1) is 0 Å². The number of nitrogens with two attached hydrogens (primary N) is 1. The average molecular weight is 230 g/mol. The number of ether oxygens (including phenoxy) is 1. The molecular formula is C12H14N4O. The molecule has 0 amide bonds. The number of methoxy groups -OCH3 is 1. The fourth-order valence-electron chi connectivity index (χ4n) is 1.54. The highest BCUT2D eigenvalue weighted by molar-refractivity contribution is 5.69. The fourth-order valence-corrected chi connectivity index (χ4v) is 1.54. The minimum Gasteiger partial charge on any atom is -0.497 e. The summed E-state index contributed by atoms with van der Waals surface area (Å²) in [4.78, 5) is 9.92. The molecule has 5 nitrogen and oxygen atoms in total. The summed E-state index contributed by atoms with van der Waals surface area (Å²) in [5.74, 6) is 1.50. The van der Waals surface area contributed by atoms with Crippen molar-refractivity contribution in [3.8, 4) is 5.75 Å². The van der Waals surface area contributed by atoms with E-state index in [4.69, 9.17) is 10.5 Å². The topological polar surface area (TPSA) is 64.3 Å². The van der Waals surface area contributed by atoms with Crippen LogP contribution in [0.15, 0.2) is 36.8 Å². The van der Waals surface area contributed by atoms with Crippen molar-refractivity contribution >= 4 is 17.2 Å². The molecule has 0 fully saturated rings. The molecule has 1 aromatic heterocycles. The van der Waals surface area contributed by atoms with E-state index in [9.17, 15) is 0 Å². The Morgan fingerprint density at radius 1 is 1.24 bits per heavy atom. The van der Waals surface area contributed by atoms with Gasteiger partial charge in [0.2, 0.25) is 0 Å². The molecule has 1 heterocycles. The molecule has 17 heavy (non-hydrogen) atoms. The second-order valence-electron chi connectivity index (χ2n) is 3.56. The summed E-state index contributed by atoms with van der Waals surface area (Å²) in [7, 11) is 3.54. The molecule has 0 bridgehead atoms. The van der Waals surface area contributed by atoms with Gasteiger partial charge in [0.1, 0.15) is 12.1 Å². The lowest BCUT2D eigenvalue weighted by molar-refractivity contribution is 0.415. The maximum absolute atomic E-state index is 5.82. The normalized spacial score (nSPS) is 10.0. The number of hydrogen-bond donors (Lipinski definition) is 1. The van der Waals surface area contributed by atoms with Crippen LogP contribution < -0.4 is 15.4 Å². The number of hydrogen-bond acceptors (Lipinski definition) is 5. The monoisotopic (exact) mass is 230 g/mol. The Kier molecular flexibility index (Phi) is 3.09. The number of anilines is 3. The van der Waals surface area contributed by atoms with Crippen molar-refractivity contribution in [2.75, 3.05) is 24.8 Å². The summed E-state index contributed by atoms with van der Waals surface area (Å²) < 4.78 is 5.11. The number of benzene rings is 1. The number of nitrogens with zero attached hydrogens (tertiary/aromatic N) is 3. The van der Waals surface area contributed by atoms with Crippen molar-refractivity contribution in [1.82, 2.24) is 9.97 Å². The van der Waals surface area contributed by atoms with Crippen molar-refractivity contribution < 1.29 is 4.74 Å². The van der Waals surface area contributed by atoms with Crippen LogP contribution in [0.3, 0.4) is 0 Å². The van der Waals surface area contributed by atoms with Gasteiger partial charge in [-0.05, 0) is 24.3 Å². The summed E-state index contributed by atoms with van der Waals surface area (Å²) in [6, 6.07) is 7.67. The van der Waals surface area contributed by atoms with Gasteiger partial charge < -0.3 is 15.4 Å². The lowest BCUT2D eigenvalue weighted by Gasteiger charge is -2.19. The van der Waals surface area contributed by atoms with E-state index in [1.807, 2.05) is 36.2 Å². The summed E-state index contributed by atoms with van der Waals surface area (Å²) in [5, 5.41) is 0. The van der Waals surface area contributed by atoms with Gasteiger partial charge in [-0.3, -0.25) is 0 Å². The Morgan fingerprint density at radius 3 is 2.53 bits per heavy atom. The molecule has 2 aromatic rings. The van der Waals surface area contributed by atoms with Crippen LogP contribution in [0.1, 0.15) is 0 Å². The third-order valence-electron chi connectivity index (χ3n) is 2.50. The van der Waals surface area contributed by atoms with Gasteiger partial charge in [-0.15, -0.1) is 0 Å². The lowest BCUT2D eigenvalue weighted by Crippen LogP contribution is -2.13. The minimum absolute atomic E-state index is 0.547. The third-order valence-corrected chi connectivity index (χ3v) is 2.50. The first-order chi connectivity index (χ1) is 8.22. The molecule has 1 aromatic carbocycles. The highest BCUT2D eigenvalue weighted by Crippen LogP contribution is 2.26. The van der Waals surface area contributed by atoms with Gasteiger partial charge in [0, 0.05) is 12.7 Å². The number of rotatable bonds is 3. The standard InChI is InChI=1S/C12H14N4O/c1-16(12-11(13)7-14-8-15-12)9-3-5-10(17-2)6-4-9/h3-8H,13H2,1-2H3. The molecule has 0 spiro atoms. The SMILES string of the molecule is COc1ccc(N(C)c2ncncc2N)cc1. The van der Waals surface area contributed by atoms with Crippen LogP contribution in [0.5, 0.6) is 5.75 Å². The molecule has 0 saturated heterocycles. The zero-order valence-electron chi connectivity index (χ0n) is 9.79. The molecule has 0 atom stereocenters. The van der Waals surface area contributed by atoms with Gasteiger partial charge in [-0.2, -0.15) is 0 Å². The third kappa shape index (κ3) is 2.28. The minimum atomic E-state index is 0.547. The summed E-state index contributed by atoms with van der Waals surface area (Å²) in [5.41, 5.74) is 7.35. The van der Waals surface area contributed by atoms with E-state index in [-0.39, 0.29) is 0 Å². The van der Waals surface area contributed by atoms with E-state index in [2.05, 4.69) is 9.97 Å². The van der Waals surface area contributed by atoms with E-state index in [1.165, 1.54) is 6.33 Å². The zero-order chi connectivity index (χ0) is 12.3. The maximum Gasteiger partial charge on any atom is 0.159 e. The van der Waals surface area contributed by atoms with Gasteiger partial charge in [0.05, 0.1) is 19.0 Å². The van der Waals surface area contributed by atoms with E-state index >= 15 is 0 Å². The van der Waals surface area contributed by atoms with E-state index in [0.29, 0.717) is 11.5 Å². The van der Waals surface area contributed by atoms with Gasteiger partial charge in [-0.1, -0.05) is 0 Å². The van der Waals surface area contributed by atoms with Crippen LogP contribution >= 0.6 is 0 Å². The molecule has 88 valence electrons. The molecule has 2 N–H and O–H groups in total. The quantitative estimate of drug-likeness (QED) is 0.871. The van der Waals surface area contributed by atoms with Crippen LogP contribution in [0.25, 0.3) is 0 Å². The Bertz CT molecular complexity index is 498. The van der Waals surface area contributed by atoms with Crippen LogP contribution in [-0.4, -0.2) is 24.1 Å². The van der Waals surface area contributed by atoms with Gasteiger partial charge in [0.15, 0.2) is 5.82 Å². The van der Waals surface area contributed by atoms with Crippen LogP contribution in [-0.2, 0) is 0 Å². The first kappa shape index (κ1) is 11.2. The Labute approximate surface area is 99.9 Å². The molecule has 0 aliphatic heterocycles. The Hall–Kier alpha value is -2.30. The van der Waals surface area contributed by atoms with Gasteiger partial charge in [0.25, 0.3) is 0 Å². The molecule has 0 unspecified atom stereocenters. The van der Waals surface area contributed by atoms with Crippen molar-refractivity contribution in [2.45, 2.75) is 0 Å². The van der Waals surface area contributed by atoms with E-state index < -0.39 is 0 Å². The largest absolute Gasteiger partial charge is 0.497 e. The lowest BCUT2D eigenvalue weighted by atomic mass is 10.2. The smallest absolute Gasteiger partial charge is 0.159 e. The first-order valence-electron chi connectivity index (χ1n) is 5.15.